The quantitative estimate of drug-likeness (QED) is 0.834. The molecule has 0 saturated carbocycles. The molecule has 3 rings (SSSR count). The number of rotatable bonds is 3. The number of anilines is 1. The zero-order valence-electron chi connectivity index (χ0n) is 14.1. The Morgan fingerprint density at radius 1 is 1.28 bits per heavy atom. The highest BCUT2D eigenvalue weighted by atomic mass is 19.1. The molecule has 2 saturated heterocycles. The van der Waals surface area contributed by atoms with Gasteiger partial charge in [-0.15, -0.1) is 0 Å². The summed E-state index contributed by atoms with van der Waals surface area (Å²) in [5.74, 6) is -1.18. The maximum absolute atomic E-state index is 13.0. The highest BCUT2D eigenvalue weighted by molar-refractivity contribution is 6.22. The molecule has 134 valence electrons. The molecule has 0 spiro atoms. The highest BCUT2D eigenvalue weighted by Gasteiger charge is 2.41. The summed E-state index contributed by atoms with van der Waals surface area (Å²) in [4.78, 5) is 39.8. The van der Waals surface area contributed by atoms with E-state index in [4.69, 9.17) is 4.74 Å². The van der Waals surface area contributed by atoms with Gasteiger partial charge in [0.05, 0.1) is 30.9 Å². The first kappa shape index (κ1) is 17.3. The summed E-state index contributed by atoms with van der Waals surface area (Å²) < 4.78 is 18.5. The lowest BCUT2D eigenvalue weighted by molar-refractivity contribution is -0.144. The van der Waals surface area contributed by atoms with E-state index in [1.807, 2.05) is 13.8 Å². The molecule has 2 heterocycles. The molecule has 2 aliphatic heterocycles. The van der Waals surface area contributed by atoms with Crippen molar-refractivity contribution in [2.24, 2.45) is 0 Å². The maximum atomic E-state index is 13.0. The van der Waals surface area contributed by atoms with Crippen LogP contribution in [0.5, 0.6) is 0 Å². The third kappa shape index (κ3) is 3.48. The molecular formula is C17H20FN3O4. The summed E-state index contributed by atoms with van der Waals surface area (Å²) in [6, 6.07) is 3.43. The van der Waals surface area contributed by atoms with Crippen molar-refractivity contribution in [3.05, 3.63) is 30.1 Å². The number of urea groups is 1. The molecule has 4 amide bonds. The second-order valence-corrected chi connectivity index (χ2v) is 6.40. The number of hydrogen-bond donors (Lipinski definition) is 1. The Hall–Kier alpha value is -2.48. The van der Waals surface area contributed by atoms with Crippen LogP contribution in [0.15, 0.2) is 24.3 Å². The molecule has 3 atom stereocenters. The van der Waals surface area contributed by atoms with E-state index in [1.165, 1.54) is 24.3 Å². The minimum absolute atomic E-state index is 0.0651. The number of nitrogens with one attached hydrogen (secondary N) is 1. The van der Waals surface area contributed by atoms with Gasteiger partial charge in [0.2, 0.25) is 5.91 Å². The van der Waals surface area contributed by atoms with Gasteiger partial charge in [0.15, 0.2) is 0 Å². The highest BCUT2D eigenvalue weighted by Crippen LogP contribution is 2.22. The molecule has 0 bridgehead atoms. The van der Waals surface area contributed by atoms with E-state index in [-0.39, 0.29) is 30.2 Å². The van der Waals surface area contributed by atoms with Gasteiger partial charge in [-0.1, -0.05) is 0 Å². The number of carbonyl (C=O) groups excluding carboxylic acids is 3. The van der Waals surface area contributed by atoms with Gasteiger partial charge >= 0.3 is 6.03 Å². The number of hydrogen-bond acceptors (Lipinski definition) is 4. The molecule has 8 heteroatoms. The first-order valence-electron chi connectivity index (χ1n) is 8.18. The summed E-state index contributed by atoms with van der Waals surface area (Å²) in [7, 11) is 0. The molecule has 2 aliphatic rings. The number of carbonyl (C=O) groups is 3. The fraction of sp³-hybridized carbons (Fsp3) is 0.471. The Kier molecular flexibility index (Phi) is 4.71. The molecule has 0 radical (unpaired) electrons. The van der Waals surface area contributed by atoms with Crippen LogP contribution in [0.3, 0.4) is 0 Å². The minimum atomic E-state index is -0.921. The summed E-state index contributed by atoms with van der Waals surface area (Å²) in [6.07, 6.45) is -0.177. The van der Waals surface area contributed by atoms with Crippen LogP contribution in [0.2, 0.25) is 0 Å². The van der Waals surface area contributed by atoms with E-state index in [1.54, 1.807) is 4.90 Å². The van der Waals surface area contributed by atoms with Crippen LogP contribution in [0.1, 0.15) is 20.3 Å². The van der Waals surface area contributed by atoms with Crippen molar-refractivity contribution in [2.75, 3.05) is 18.1 Å². The molecule has 25 heavy (non-hydrogen) atoms. The molecule has 3 unspecified atom stereocenters. The van der Waals surface area contributed by atoms with E-state index < -0.39 is 23.8 Å². The van der Waals surface area contributed by atoms with Gasteiger partial charge in [0, 0.05) is 6.54 Å². The van der Waals surface area contributed by atoms with Crippen molar-refractivity contribution in [1.82, 2.24) is 10.2 Å². The maximum Gasteiger partial charge on any atom is 0.329 e. The van der Waals surface area contributed by atoms with Gasteiger partial charge in [-0.3, -0.25) is 9.59 Å². The van der Waals surface area contributed by atoms with Crippen LogP contribution in [-0.2, 0) is 14.3 Å². The number of halogens is 1. The van der Waals surface area contributed by atoms with Crippen molar-refractivity contribution in [3.63, 3.8) is 0 Å². The summed E-state index contributed by atoms with van der Waals surface area (Å²) in [5, 5.41) is 2.53. The lowest BCUT2D eigenvalue weighted by Gasteiger charge is -2.37. The standard InChI is InChI=1S/C17H20FN3O4/c1-10-9-25-11(2)8-20(10)15(22)7-14-16(23)21(17(24)19-14)13-5-3-12(18)4-6-13/h3-6,10-11,14H,7-9H2,1-2H3,(H,19,24). The Labute approximate surface area is 144 Å². The Bertz CT molecular complexity index is 694. The molecule has 0 aliphatic carbocycles. The Morgan fingerprint density at radius 3 is 2.64 bits per heavy atom. The van der Waals surface area contributed by atoms with E-state index in [0.717, 1.165) is 4.90 Å². The first-order chi connectivity index (χ1) is 11.9. The third-order valence-corrected chi connectivity index (χ3v) is 4.41. The van der Waals surface area contributed by atoms with Gasteiger partial charge in [0.1, 0.15) is 11.9 Å². The molecule has 1 aromatic carbocycles. The van der Waals surface area contributed by atoms with E-state index in [9.17, 15) is 18.8 Å². The van der Waals surface area contributed by atoms with E-state index in [2.05, 4.69) is 5.32 Å². The molecule has 1 N–H and O–H groups in total. The fourth-order valence-electron chi connectivity index (χ4n) is 3.05. The topological polar surface area (TPSA) is 79.0 Å². The monoisotopic (exact) mass is 349 g/mol. The van der Waals surface area contributed by atoms with E-state index >= 15 is 0 Å². The largest absolute Gasteiger partial charge is 0.375 e. The van der Waals surface area contributed by atoms with Crippen LogP contribution in [0.4, 0.5) is 14.9 Å². The summed E-state index contributed by atoms with van der Waals surface area (Å²) >= 11 is 0. The second-order valence-electron chi connectivity index (χ2n) is 6.40. The molecule has 0 aromatic heterocycles. The summed E-state index contributed by atoms with van der Waals surface area (Å²) in [5.41, 5.74) is 0.271. The van der Waals surface area contributed by atoms with Crippen LogP contribution in [0, 0.1) is 5.82 Å². The van der Waals surface area contributed by atoms with Crippen LogP contribution >= 0.6 is 0 Å². The zero-order valence-corrected chi connectivity index (χ0v) is 14.1. The number of morpholine rings is 1. The second kappa shape index (κ2) is 6.79. The smallest absolute Gasteiger partial charge is 0.329 e. The SMILES string of the molecule is CC1CN(C(=O)CC2NC(=O)N(c3ccc(F)cc3)C2=O)C(C)CO1. The van der Waals surface area contributed by atoms with Crippen molar-refractivity contribution in [1.29, 1.82) is 0 Å². The lowest BCUT2D eigenvalue weighted by atomic mass is 10.1. The Morgan fingerprint density at radius 2 is 1.96 bits per heavy atom. The minimum Gasteiger partial charge on any atom is -0.375 e. The first-order valence-corrected chi connectivity index (χ1v) is 8.18. The lowest BCUT2D eigenvalue weighted by Crippen LogP contribution is -2.51. The van der Waals surface area contributed by atoms with Crippen LogP contribution in [-0.4, -0.2) is 54.1 Å². The molecule has 1 aromatic rings. The third-order valence-electron chi connectivity index (χ3n) is 4.41. The predicted octanol–water partition coefficient (Wildman–Crippen LogP) is 1.28. The van der Waals surface area contributed by atoms with Gasteiger partial charge in [-0.05, 0) is 38.1 Å². The number of nitrogens with zero attached hydrogens (tertiary/aromatic N) is 2. The molecule has 7 nitrogen and oxygen atoms in total. The van der Waals surface area contributed by atoms with Crippen molar-refractivity contribution < 1.29 is 23.5 Å². The molecular weight excluding hydrogens is 329 g/mol. The van der Waals surface area contributed by atoms with Crippen molar-refractivity contribution in [3.8, 4) is 0 Å². The normalized spacial score (nSPS) is 26.8. The molecule has 2 fully saturated rings. The number of amides is 4. The zero-order chi connectivity index (χ0) is 18.1. The number of imide groups is 1. The van der Waals surface area contributed by atoms with Crippen LogP contribution in [0.25, 0.3) is 0 Å². The average Bonchev–Trinajstić information content (AvgIpc) is 2.84. The fourth-order valence-corrected chi connectivity index (χ4v) is 3.05. The van der Waals surface area contributed by atoms with Gasteiger partial charge in [0.25, 0.3) is 5.91 Å². The summed E-state index contributed by atoms with van der Waals surface area (Å²) in [6.45, 7) is 4.66. The van der Waals surface area contributed by atoms with Gasteiger partial charge < -0.3 is 15.0 Å². The number of ether oxygens (including phenoxy) is 1. The van der Waals surface area contributed by atoms with Gasteiger partial charge in [-0.2, -0.15) is 0 Å². The predicted molar refractivity (Wildman–Crippen MR) is 87.4 cm³/mol. The van der Waals surface area contributed by atoms with Crippen molar-refractivity contribution in [2.45, 2.75) is 38.5 Å². The number of benzene rings is 1. The van der Waals surface area contributed by atoms with Crippen molar-refractivity contribution >= 4 is 23.5 Å². The van der Waals surface area contributed by atoms with Crippen LogP contribution < -0.4 is 10.2 Å². The average molecular weight is 349 g/mol. The van der Waals surface area contributed by atoms with Gasteiger partial charge in [-0.25, -0.2) is 14.1 Å². The van der Waals surface area contributed by atoms with E-state index in [0.29, 0.717) is 13.2 Å². The Balaban J connectivity index is 1.69.